The molecular weight excluding hydrogens is 224 g/mol. The van der Waals surface area contributed by atoms with Gasteiger partial charge in [0.25, 0.3) is 0 Å². The van der Waals surface area contributed by atoms with E-state index in [4.69, 9.17) is 4.74 Å². The Kier molecular flexibility index (Phi) is 4.66. The number of hydrogen-bond acceptors (Lipinski definition) is 2. The van der Waals surface area contributed by atoms with Crippen molar-refractivity contribution in [1.82, 2.24) is 0 Å². The van der Waals surface area contributed by atoms with E-state index >= 15 is 0 Å². The maximum Gasteiger partial charge on any atom is 0.118 e. The topological polar surface area (TPSA) is 29.5 Å². The molecule has 1 aromatic carbocycles. The summed E-state index contributed by atoms with van der Waals surface area (Å²) in [6.45, 7) is 0. The summed E-state index contributed by atoms with van der Waals surface area (Å²) in [6.07, 6.45) is 5.50. The number of methoxy groups -OCH3 is 1. The summed E-state index contributed by atoms with van der Waals surface area (Å²) in [5.41, 5.74) is 0.922. The van der Waals surface area contributed by atoms with Crippen LogP contribution in [0.15, 0.2) is 24.3 Å². The van der Waals surface area contributed by atoms with E-state index in [1.165, 1.54) is 19.3 Å². The van der Waals surface area contributed by atoms with Crippen LogP contribution in [0.5, 0.6) is 5.75 Å². The normalized spacial score (nSPS) is 17.7. The molecule has 96 valence electrons. The minimum absolute atomic E-state index is 0.365. The highest BCUT2D eigenvalue weighted by molar-refractivity contribution is 5.38. The van der Waals surface area contributed by atoms with Gasteiger partial charge in [0.1, 0.15) is 11.9 Å². The van der Waals surface area contributed by atoms with Crippen molar-refractivity contribution in [3.63, 3.8) is 0 Å². The standard InChI is InChI=1S/C16H20O2/c1-18-15-10-7-13(8-11-15)9-12-16(17)14-5-3-2-4-6-14/h7-8,10-11,14,16-17H,2-6H2,1H3. The van der Waals surface area contributed by atoms with Crippen LogP contribution in [-0.4, -0.2) is 18.3 Å². The Hall–Kier alpha value is -1.46. The van der Waals surface area contributed by atoms with Crippen LogP contribution in [0.2, 0.25) is 0 Å². The van der Waals surface area contributed by atoms with E-state index < -0.39 is 6.10 Å². The highest BCUT2D eigenvalue weighted by Gasteiger charge is 2.19. The van der Waals surface area contributed by atoms with Crippen LogP contribution in [0.25, 0.3) is 0 Å². The van der Waals surface area contributed by atoms with E-state index in [0.717, 1.165) is 24.2 Å². The summed E-state index contributed by atoms with van der Waals surface area (Å²) in [6, 6.07) is 7.60. The summed E-state index contributed by atoms with van der Waals surface area (Å²) in [7, 11) is 1.65. The van der Waals surface area contributed by atoms with Gasteiger partial charge in [-0.05, 0) is 43.0 Å². The zero-order chi connectivity index (χ0) is 12.8. The molecule has 0 heterocycles. The molecule has 1 N–H and O–H groups in total. The van der Waals surface area contributed by atoms with Crippen molar-refractivity contribution in [2.45, 2.75) is 38.2 Å². The fourth-order valence-electron chi connectivity index (χ4n) is 2.40. The van der Waals surface area contributed by atoms with Crippen molar-refractivity contribution >= 4 is 0 Å². The van der Waals surface area contributed by atoms with Crippen LogP contribution in [0.3, 0.4) is 0 Å². The molecule has 2 nitrogen and oxygen atoms in total. The van der Waals surface area contributed by atoms with Gasteiger partial charge in [0, 0.05) is 5.56 Å². The van der Waals surface area contributed by atoms with Gasteiger partial charge >= 0.3 is 0 Å². The molecule has 18 heavy (non-hydrogen) atoms. The van der Waals surface area contributed by atoms with Crippen LogP contribution >= 0.6 is 0 Å². The first-order valence-electron chi connectivity index (χ1n) is 6.63. The van der Waals surface area contributed by atoms with E-state index in [2.05, 4.69) is 11.8 Å². The van der Waals surface area contributed by atoms with Crippen molar-refractivity contribution in [1.29, 1.82) is 0 Å². The number of rotatable bonds is 2. The Morgan fingerprint density at radius 1 is 1.17 bits per heavy atom. The minimum atomic E-state index is -0.479. The number of aliphatic hydroxyl groups excluding tert-OH is 1. The molecule has 0 bridgehead atoms. The molecule has 0 saturated heterocycles. The minimum Gasteiger partial charge on any atom is -0.497 e. The molecule has 2 rings (SSSR count). The monoisotopic (exact) mass is 244 g/mol. The Bertz CT molecular complexity index is 419. The first-order chi connectivity index (χ1) is 8.79. The predicted octanol–water partition coefficient (Wildman–Crippen LogP) is 2.99. The van der Waals surface area contributed by atoms with Gasteiger partial charge in [0.15, 0.2) is 0 Å². The third-order valence-electron chi connectivity index (χ3n) is 3.55. The van der Waals surface area contributed by atoms with Crippen LogP contribution in [0.4, 0.5) is 0 Å². The van der Waals surface area contributed by atoms with Crippen LogP contribution in [0, 0.1) is 17.8 Å². The maximum atomic E-state index is 10.0. The molecule has 1 aliphatic carbocycles. The summed E-state index contributed by atoms with van der Waals surface area (Å²) < 4.78 is 5.09. The van der Waals surface area contributed by atoms with Gasteiger partial charge < -0.3 is 9.84 Å². The lowest BCUT2D eigenvalue weighted by Crippen LogP contribution is -2.21. The van der Waals surface area contributed by atoms with Crippen LogP contribution in [0.1, 0.15) is 37.7 Å². The van der Waals surface area contributed by atoms with E-state index in [0.29, 0.717) is 5.92 Å². The second kappa shape index (κ2) is 6.47. The second-order valence-corrected chi connectivity index (χ2v) is 4.84. The highest BCUT2D eigenvalue weighted by Crippen LogP contribution is 2.26. The summed E-state index contributed by atoms with van der Waals surface area (Å²) in [5, 5.41) is 10.0. The molecule has 0 aromatic heterocycles. The third kappa shape index (κ3) is 3.51. The molecule has 1 fully saturated rings. The smallest absolute Gasteiger partial charge is 0.118 e. The Labute approximate surface area is 109 Å². The van der Waals surface area contributed by atoms with Gasteiger partial charge in [0.2, 0.25) is 0 Å². The van der Waals surface area contributed by atoms with Gasteiger partial charge in [-0.25, -0.2) is 0 Å². The molecule has 1 atom stereocenters. The lowest BCUT2D eigenvalue weighted by molar-refractivity contribution is 0.133. The quantitative estimate of drug-likeness (QED) is 0.810. The van der Waals surface area contributed by atoms with Crippen molar-refractivity contribution in [3.05, 3.63) is 29.8 Å². The number of ether oxygens (including phenoxy) is 1. The molecule has 0 amide bonds. The predicted molar refractivity (Wildman–Crippen MR) is 72.5 cm³/mol. The highest BCUT2D eigenvalue weighted by atomic mass is 16.5. The molecule has 1 unspecified atom stereocenters. The van der Waals surface area contributed by atoms with Gasteiger partial charge in [-0.2, -0.15) is 0 Å². The fourth-order valence-corrected chi connectivity index (χ4v) is 2.40. The molecule has 1 aliphatic rings. The molecule has 1 saturated carbocycles. The summed E-state index contributed by atoms with van der Waals surface area (Å²) in [4.78, 5) is 0. The van der Waals surface area contributed by atoms with E-state index in [-0.39, 0.29) is 0 Å². The fraction of sp³-hybridized carbons (Fsp3) is 0.500. The molecule has 0 spiro atoms. The van der Waals surface area contributed by atoms with E-state index in [1.807, 2.05) is 24.3 Å². The number of hydrogen-bond donors (Lipinski definition) is 1. The first kappa shape index (κ1) is 13.0. The Balaban J connectivity index is 1.96. The Morgan fingerprint density at radius 2 is 1.83 bits per heavy atom. The van der Waals surface area contributed by atoms with Gasteiger partial charge in [-0.3, -0.25) is 0 Å². The van der Waals surface area contributed by atoms with Crippen molar-refractivity contribution in [2.24, 2.45) is 5.92 Å². The second-order valence-electron chi connectivity index (χ2n) is 4.84. The number of aliphatic hydroxyl groups is 1. The van der Waals surface area contributed by atoms with Crippen molar-refractivity contribution < 1.29 is 9.84 Å². The van der Waals surface area contributed by atoms with E-state index in [1.54, 1.807) is 7.11 Å². The van der Waals surface area contributed by atoms with Gasteiger partial charge in [0.05, 0.1) is 7.11 Å². The Morgan fingerprint density at radius 3 is 2.44 bits per heavy atom. The lowest BCUT2D eigenvalue weighted by atomic mass is 9.85. The zero-order valence-corrected chi connectivity index (χ0v) is 10.9. The van der Waals surface area contributed by atoms with Gasteiger partial charge in [-0.1, -0.05) is 31.1 Å². The first-order valence-corrected chi connectivity index (χ1v) is 6.63. The summed E-state index contributed by atoms with van der Waals surface area (Å²) in [5.74, 6) is 7.20. The largest absolute Gasteiger partial charge is 0.497 e. The van der Waals surface area contributed by atoms with Crippen LogP contribution < -0.4 is 4.74 Å². The van der Waals surface area contributed by atoms with Gasteiger partial charge in [-0.15, -0.1) is 0 Å². The van der Waals surface area contributed by atoms with Crippen molar-refractivity contribution in [3.8, 4) is 17.6 Å². The summed E-state index contributed by atoms with van der Waals surface area (Å²) >= 11 is 0. The SMILES string of the molecule is COc1ccc(C#CC(O)C2CCCCC2)cc1. The molecule has 0 aliphatic heterocycles. The number of benzene rings is 1. The van der Waals surface area contributed by atoms with E-state index in [9.17, 15) is 5.11 Å². The molecule has 2 heteroatoms. The molecule has 0 radical (unpaired) electrons. The molecular formula is C16H20O2. The average molecular weight is 244 g/mol. The lowest BCUT2D eigenvalue weighted by Gasteiger charge is -2.23. The maximum absolute atomic E-state index is 10.0. The average Bonchev–Trinajstić information content (AvgIpc) is 2.46. The van der Waals surface area contributed by atoms with Crippen molar-refractivity contribution in [2.75, 3.05) is 7.11 Å². The third-order valence-corrected chi connectivity index (χ3v) is 3.55. The molecule has 1 aromatic rings. The van der Waals surface area contributed by atoms with Crippen LogP contribution in [-0.2, 0) is 0 Å². The zero-order valence-electron chi connectivity index (χ0n) is 10.9.